The predicted molar refractivity (Wildman–Crippen MR) is 108 cm³/mol. The van der Waals surface area contributed by atoms with E-state index in [9.17, 15) is 0 Å². The molecule has 2 rings (SSSR count). The number of fused-ring (bicyclic) bond motifs is 1. The van der Waals surface area contributed by atoms with Crippen LogP contribution < -0.4 is 0 Å². The van der Waals surface area contributed by atoms with Gasteiger partial charge >= 0.3 is 0 Å². The average molecular weight is 328 g/mol. The lowest BCUT2D eigenvalue weighted by Crippen LogP contribution is -1.95. The molecule has 0 N–H and O–H groups in total. The van der Waals surface area contributed by atoms with Crippen molar-refractivity contribution in [2.75, 3.05) is 0 Å². The maximum atomic E-state index is 2.41. The minimum atomic E-state index is 1.17. The quantitative estimate of drug-likeness (QED) is 0.313. The van der Waals surface area contributed by atoms with E-state index in [1.165, 1.54) is 101 Å². The number of para-hydroxylation sites is 1. The maximum Gasteiger partial charge on any atom is 0.0480 e. The van der Waals surface area contributed by atoms with Gasteiger partial charge in [0.05, 0.1) is 0 Å². The van der Waals surface area contributed by atoms with Crippen molar-refractivity contribution in [2.24, 2.45) is 0 Å². The third kappa shape index (κ3) is 7.11. The fraction of sp³-hybridized carbons (Fsp3) is 0.652. The van der Waals surface area contributed by atoms with Crippen LogP contribution in [0.3, 0.4) is 0 Å². The third-order valence-corrected chi connectivity index (χ3v) is 5.18. The van der Waals surface area contributed by atoms with Gasteiger partial charge in [-0.25, -0.2) is 0 Å². The SMILES string of the molecule is CCCCCCCCCCCCCCCn1ccc2ccccc21. The molecular weight excluding hydrogens is 290 g/mol. The first-order valence-corrected chi connectivity index (χ1v) is 10.5. The first-order chi connectivity index (χ1) is 11.9. The number of hydrogen-bond donors (Lipinski definition) is 0. The van der Waals surface area contributed by atoms with E-state index < -0.39 is 0 Å². The zero-order valence-electron chi connectivity index (χ0n) is 15.8. The third-order valence-electron chi connectivity index (χ3n) is 5.18. The molecule has 0 bridgehead atoms. The second-order valence-corrected chi connectivity index (χ2v) is 7.31. The Hall–Kier alpha value is -1.24. The monoisotopic (exact) mass is 327 g/mol. The number of nitrogens with zero attached hydrogens (tertiary/aromatic N) is 1. The average Bonchev–Trinajstić information content (AvgIpc) is 3.02. The van der Waals surface area contributed by atoms with Crippen LogP contribution in [0.5, 0.6) is 0 Å². The Morgan fingerprint density at radius 3 is 1.79 bits per heavy atom. The Balaban J connectivity index is 1.41. The Morgan fingerprint density at radius 1 is 0.625 bits per heavy atom. The van der Waals surface area contributed by atoms with Gasteiger partial charge in [0.15, 0.2) is 0 Å². The van der Waals surface area contributed by atoms with Gasteiger partial charge in [0.2, 0.25) is 0 Å². The molecule has 134 valence electrons. The van der Waals surface area contributed by atoms with Crippen LogP contribution in [-0.2, 0) is 6.54 Å². The van der Waals surface area contributed by atoms with Gasteiger partial charge in [-0.15, -0.1) is 0 Å². The molecule has 0 radical (unpaired) electrons. The number of aryl methyl sites for hydroxylation is 1. The van der Waals surface area contributed by atoms with Crippen LogP contribution in [0, 0.1) is 0 Å². The molecule has 0 aliphatic rings. The van der Waals surface area contributed by atoms with Crippen molar-refractivity contribution < 1.29 is 0 Å². The molecule has 0 aliphatic heterocycles. The standard InChI is InChI=1S/C23H37N/c1-2-3-4-5-6-7-8-9-10-11-12-13-16-20-24-21-19-22-17-14-15-18-23(22)24/h14-15,17-19,21H,2-13,16,20H2,1H3. The van der Waals surface area contributed by atoms with Crippen LogP contribution in [-0.4, -0.2) is 4.57 Å². The molecular formula is C23H37N. The normalized spacial score (nSPS) is 11.4. The van der Waals surface area contributed by atoms with Gasteiger partial charge in [0.1, 0.15) is 0 Å². The van der Waals surface area contributed by atoms with Crippen LogP contribution in [0.4, 0.5) is 0 Å². The molecule has 0 atom stereocenters. The van der Waals surface area contributed by atoms with Crippen molar-refractivity contribution in [3.05, 3.63) is 36.5 Å². The Bertz CT molecular complexity index is 540. The van der Waals surface area contributed by atoms with E-state index in [1.807, 2.05) is 0 Å². The zero-order valence-corrected chi connectivity index (χ0v) is 15.8. The van der Waals surface area contributed by atoms with Crippen molar-refractivity contribution in [3.8, 4) is 0 Å². The number of benzene rings is 1. The molecule has 1 heteroatoms. The molecule has 0 fully saturated rings. The summed E-state index contributed by atoms with van der Waals surface area (Å²) in [5.74, 6) is 0. The number of unbranched alkanes of at least 4 members (excludes halogenated alkanes) is 12. The van der Waals surface area contributed by atoms with E-state index >= 15 is 0 Å². The smallest absolute Gasteiger partial charge is 0.0480 e. The molecule has 1 heterocycles. The molecule has 0 saturated carbocycles. The highest BCUT2D eigenvalue weighted by molar-refractivity contribution is 5.79. The number of hydrogen-bond acceptors (Lipinski definition) is 0. The molecule has 0 aliphatic carbocycles. The number of aromatic nitrogens is 1. The molecule has 0 spiro atoms. The second kappa shape index (κ2) is 12.2. The predicted octanol–water partition coefficient (Wildman–Crippen LogP) is 7.73. The van der Waals surface area contributed by atoms with Gasteiger partial charge in [0, 0.05) is 18.3 Å². The second-order valence-electron chi connectivity index (χ2n) is 7.31. The highest BCUT2D eigenvalue weighted by atomic mass is 14.9. The van der Waals surface area contributed by atoms with Crippen LogP contribution >= 0.6 is 0 Å². The lowest BCUT2D eigenvalue weighted by molar-refractivity contribution is 0.529. The van der Waals surface area contributed by atoms with Gasteiger partial charge < -0.3 is 4.57 Å². The highest BCUT2D eigenvalue weighted by Crippen LogP contribution is 2.17. The lowest BCUT2D eigenvalue weighted by atomic mass is 10.0. The van der Waals surface area contributed by atoms with E-state index in [0.29, 0.717) is 0 Å². The van der Waals surface area contributed by atoms with Gasteiger partial charge in [0.25, 0.3) is 0 Å². The van der Waals surface area contributed by atoms with Crippen molar-refractivity contribution in [1.29, 1.82) is 0 Å². The first-order valence-electron chi connectivity index (χ1n) is 10.5. The van der Waals surface area contributed by atoms with E-state index in [1.54, 1.807) is 0 Å². The summed E-state index contributed by atoms with van der Waals surface area (Å²) >= 11 is 0. The minimum absolute atomic E-state index is 1.17. The largest absolute Gasteiger partial charge is 0.347 e. The molecule has 0 saturated heterocycles. The van der Waals surface area contributed by atoms with E-state index in [-0.39, 0.29) is 0 Å². The Kier molecular flexibility index (Phi) is 9.68. The van der Waals surface area contributed by atoms with Gasteiger partial charge in [-0.2, -0.15) is 0 Å². The molecule has 24 heavy (non-hydrogen) atoms. The molecule has 1 nitrogen and oxygen atoms in total. The van der Waals surface area contributed by atoms with Crippen molar-refractivity contribution in [3.63, 3.8) is 0 Å². The summed E-state index contributed by atoms with van der Waals surface area (Å²) in [6.45, 7) is 3.46. The molecule has 0 unspecified atom stereocenters. The van der Waals surface area contributed by atoms with Crippen LogP contribution in [0.25, 0.3) is 10.9 Å². The maximum absolute atomic E-state index is 2.41. The molecule has 2 aromatic rings. The van der Waals surface area contributed by atoms with Crippen molar-refractivity contribution >= 4 is 10.9 Å². The summed E-state index contributed by atoms with van der Waals surface area (Å²) in [5, 5.41) is 1.37. The summed E-state index contributed by atoms with van der Waals surface area (Å²) in [4.78, 5) is 0. The fourth-order valence-electron chi connectivity index (χ4n) is 3.64. The molecule has 1 aromatic heterocycles. The van der Waals surface area contributed by atoms with Crippen molar-refractivity contribution in [1.82, 2.24) is 4.57 Å². The summed E-state index contributed by atoms with van der Waals surface area (Å²) in [6.07, 6.45) is 20.8. The fourth-order valence-corrected chi connectivity index (χ4v) is 3.64. The van der Waals surface area contributed by atoms with Crippen molar-refractivity contribution in [2.45, 2.75) is 96.9 Å². The Labute approximate surface area is 149 Å². The van der Waals surface area contributed by atoms with Crippen LogP contribution in [0.2, 0.25) is 0 Å². The zero-order chi connectivity index (χ0) is 16.9. The van der Waals surface area contributed by atoms with E-state index in [0.717, 1.165) is 0 Å². The first kappa shape index (κ1) is 19.1. The summed E-state index contributed by atoms with van der Waals surface area (Å²) in [5.41, 5.74) is 1.39. The topological polar surface area (TPSA) is 4.93 Å². The molecule has 1 aromatic carbocycles. The minimum Gasteiger partial charge on any atom is -0.347 e. The summed E-state index contributed by atoms with van der Waals surface area (Å²) in [6, 6.07) is 10.9. The Morgan fingerprint density at radius 2 is 1.17 bits per heavy atom. The van der Waals surface area contributed by atoms with Crippen LogP contribution in [0.15, 0.2) is 36.5 Å². The van der Waals surface area contributed by atoms with Crippen LogP contribution in [0.1, 0.15) is 90.4 Å². The lowest BCUT2D eigenvalue weighted by Gasteiger charge is -2.06. The van der Waals surface area contributed by atoms with E-state index in [4.69, 9.17) is 0 Å². The van der Waals surface area contributed by atoms with Gasteiger partial charge in [-0.1, -0.05) is 102 Å². The van der Waals surface area contributed by atoms with Gasteiger partial charge in [-0.05, 0) is 23.9 Å². The summed E-state index contributed by atoms with van der Waals surface area (Å²) < 4.78 is 2.41. The summed E-state index contributed by atoms with van der Waals surface area (Å²) in [7, 11) is 0. The van der Waals surface area contributed by atoms with Gasteiger partial charge in [-0.3, -0.25) is 0 Å². The van der Waals surface area contributed by atoms with E-state index in [2.05, 4.69) is 48.0 Å². The number of rotatable bonds is 14. The highest BCUT2D eigenvalue weighted by Gasteiger charge is 1.99. The molecule has 0 amide bonds.